The Morgan fingerprint density at radius 3 is 2.95 bits per heavy atom. The Morgan fingerprint density at radius 1 is 1.23 bits per heavy atom. The van der Waals surface area contributed by atoms with E-state index in [4.69, 9.17) is 4.98 Å². The van der Waals surface area contributed by atoms with Crippen LogP contribution in [0.3, 0.4) is 0 Å². The predicted octanol–water partition coefficient (Wildman–Crippen LogP) is 4.19. The summed E-state index contributed by atoms with van der Waals surface area (Å²) in [6, 6.07) is 10.8. The molecule has 1 atom stereocenters. The lowest BCUT2D eigenvalue weighted by Crippen LogP contribution is -2.08. The normalized spacial score (nSPS) is 18.1. The number of pyridine rings is 1. The molecule has 0 amide bonds. The van der Waals surface area contributed by atoms with E-state index in [1.54, 1.807) is 12.3 Å². The minimum Gasteiger partial charge on any atom is -0.307 e. The molecule has 1 unspecified atom stereocenters. The molecule has 5 heteroatoms. The molecule has 0 N–H and O–H groups in total. The highest BCUT2D eigenvalue weighted by Gasteiger charge is 2.25. The number of halogens is 1. The third-order valence-electron chi connectivity index (χ3n) is 4.04. The van der Waals surface area contributed by atoms with Gasteiger partial charge in [-0.3, -0.25) is 0 Å². The van der Waals surface area contributed by atoms with Crippen molar-refractivity contribution in [1.82, 2.24) is 14.5 Å². The summed E-state index contributed by atoms with van der Waals surface area (Å²) in [6.45, 7) is 0.479. The minimum atomic E-state index is -0.176. The smallest absolute Gasteiger partial charge is 0.160 e. The molecule has 22 heavy (non-hydrogen) atoms. The van der Waals surface area contributed by atoms with Gasteiger partial charge in [-0.05, 0) is 36.8 Å². The van der Waals surface area contributed by atoms with Crippen LogP contribution in [0.25, 0.3) is 11.2 Å². The first-order valence-corrected chi connectivity index (χ1v) is 8.54. The molecule has 1 saturated heterocycles. The van der Waals surface area contributed by atoms with Crippen LogP contribution in [-0.4, -0.2) is 20.3 Å². The van der Waals surface area contributed by atoms with Crippen LogP contribution in [0.1, 0.15) is 29.5 Å². The summed E-state index contributed by atoms with van der Waals surface area (Å²) in [5.41, 5.74) is 2.41. The van der Waals surface area contributed by atoms with E-state index in [1.807, 2.05) is 36.0 Å². The monoisotopic (exact) mass is 313 g/mol. The van der Waals surface area contributed by atoms with Gasteiger partial charge < -0.3 is 4.57 Å². The minimum absolute atomic E-state index is 0.176. The van der Waals surface area contributed by atoms with Crippen LogP contribution in [0.5, 0.6) is 0 Å². The van der Waals surface area contributed by atoms with Crippen molar-refractivity contribution in [3.8, 4) is 0 Å². The quantitative estimate of drug-likeness (QED) is 0.726. The van der Waals surface area contributed by atoms with Gasteiger partial charge in [0.25, 0.3) is 0 Å². The predicted molar refractivity (Wildman–Crippen MR) is 87.5 cm³/mol. The van der Waals surface area contributed by atoms with E-state index in [2.05, 4.69) is 9.55 Å². The van der Waals surface area contributed by atoms with Gasteiger partial charge in [-0.2, -0.15) is 11.8 Å². The summed E-state index contributed by atoms with van der Waals surface area (Å²) < 4.78 is 16.1. The molecular weight excluding hydrogens is 297 g/mol. The van der Waals surface area contributed by atoms with Gasteiger partial charge in [-0.25, -0.2) is 14.4 Å². The van der Waals surface area contributed by atoms with Crippen molar-refractivity contribution in [2.45, 2.75) is 24.6 Å². The fraction of sp³-hybridized carbons (Fsp3) is 0.294. The Labute approximate surface area is 132 Å². The maximum Gasteiger partial charge on any atom is 0.160 e. The average molecular weight is 313 g/mol. The zero-order valence-corrected chi connectivity index (χ0v) is 12.9. The standard InChI is InChI=1S/C17H16FN3S/c18-13-6-2-1-5-12(13)11-21-16-14(7-3-9-19-16)20-17(21)15-8-4-10-22-15/h1-3,5-7,9,15H,4,8,10-11H2. The zero-order valence-electron chi connectivity index (χ0n) is 12.1. The molecule has 1 aliphatic heterocycles. The van der Waals surface area contributed by atoms with E-state index >= 15 is 0 Å². The van der Waals surface area contributed by atoms with Crippen molar-refractivity contribution >= 4 is 22.9 Å². The maximum atomic E-state index is 14.0. The van der Waals surface area contributed by atoms with Crippen LogP contribution in [0, 0.1) is 5.82 Å². The highest BCUT2D eigenvalue weighted by Crippen LogP contribution is 2.40. The van der Waals surface area contributed by atoms with Gasteiger partial charge in [-0.1, -0.05) is 18.2 Å². The van der Waals surface area contributed by atoms with Gasteiger partial charge in [0.05, 0.1) is 11.8 Å². The zero-order chi connectivity index (χ0) is 14.9. The van der Waals surface area contributed by atoms with E-state index in [9.17, 15) is 4.39 Å². The van der Waals surface area contributed by atoms with Crippen molar-refractivity contribution in [2.24, 2.45) is 0 Å². The molecule has 3 heterocycles. The number of nitrogens with zero attached hydrogens (tertiary/aromatic N) is 3. The van der Waals surface area contributed by atoms with Crippen LogP contribution in [-0.2, 0) is 6.54 Å². The largest absolute Gasteiger partial charge is 0.307 e. The van der Waals surface area contributed by atoms with Crippen LogP contribution in [0.2, 0.25) is 0 Å². The van der Waals surface area contributed by atoms with Gasteiger partial charge in [0.15, 0.2) is 5.65 Å². The fourth-order valence-electron chi connectivity index (χ4n) is 2.96. The summed E-state index contributed by atoms with van der Waals surface area (Å²) in [7, 11) is 0. The van der Waals surface area contributed by atoms with E-state index < -0.39 is 0 Å². The molecule has 112 valence electrons. The number of rotatable bonds is 3. The second kappa shape index (κ2) is 5.72. The van der Waals surface area contributed by atoms with E-state index in [0.717, 1.165) is 23.4 Å². The van der Waals surface area contributed by atoms with E-state index in [-0.39, 0.29) is 5.82 Å². The Morgan fingerprint density at radius 2 is 2.14 bits per heavy atom. The van der Waals surface area contributed by atoms with Crippen molar-refractivity contribution < 1.29 is 4.39 Å². The summed E-state index contributed by atoms with van der Waals surface area (Å²) in [4.78, 5) is 9.25. The number of hydrogen-bond donors (Lipinski definition) is 0. The summed E-state index contributed by atoms with van der Waals surface area (Å²) >= 11 is 1.93. The van der Waals surface area contributed by atoms with Crippen LogP contribution >= 0.6 is 11.8 Å². The SMILES string of the molecule is Fc1ccccc1Cn1c(C2CCCS2)nc2cccnc21. The molecule has 1 aromatic carbocycles. The summed E-state index contributed by atoms with van der Waals surface area (Å²) in [5.74, 6) is 2.02. The van der Waals surface area contributed by atoms with Crippen molar-refractivity contribution in [1.29, 1.82) is 0 Å². The number of hydrogen-bond acceptors (Lipinski definition) is 3. The Hall–Kier alpha value is -1.88. The Kier molecular flexibility index (Phi) is 3.58. The topological polar surface area (TPSA) is 30.7 Å². The number of benzene rings is 1. The molecule has 4 rings (SSSR count). The first kappa shape index (κ1) is 13.8. The lowest BCUT2D eigenvalue weighted by atomic mass is 10.2. The van der Waals surface area contributed by atoms with Crippen LogP contribution in [0.4, 0.5) is 4.39 Å². The third-order valence-corrected chi connectivity index (χ3v) is 5.41. The van der Waals surface area contributed by atoms with Gasteiger partial charge >= 0.3 is 0 Å². The molecule has 0 radical (unpaired) electrons. The van der Waals surface area contributed by atoms with E-state index in [0.29, 0.717) is 17.4 Å². The second-order valence-corrected chi connectivity index (χ2v) is 6.81. The fourth-order valence-corrected chi connectivity index (χ4v) is 4.24. The van der Waals surface area contributed by atoms with Crippen molar-refractivity contribution in [3.05, 3.63) is 59.8 Å². The van der Waals surface area contributed by atoms with Crippen molar-refractivity contribution in [3.63, 3.8) is 0 Å². The summed E-state index contributed by atoms with van der Waals surface area (Å²) in [6.07, 6.45) is 4.12. The second-order valence-electron chi connectivity index (χ2n) is 5.50. The van der Waals surface area contributed by atoms with E-state index in [1.165, 1.54) is 18.2 Å². The highest BCUT2D eigenvalue weighted by atomic mass is 32.2. The van der Waals surface area contributed by atoms with Crippen molar-refractivity contribution in [2.75, 3.05) is 5.75 Å². The maximum absolute atomic E-state index is 14.0. The van der Waals surface area contributed by atoms with Gasteiger partial charge in [0.1, 0.15) is 17.2 Å². The number of imidazole rings is 1. The lowest BCUT2D eigenvalue weighted by molar-refractivity contribution is 0.594. The highest BCUT2D eigenvalue weighted by molar-refractivity contribution is 7.99. The molecule has 1 fully saturated rings. The molecule has 0 saturated carbocycles. The molecule has 3 nitrogen and oxygen atoms in total. The third kappa shape index (κ3) is 2.39. The van der Waals surface area contributed by atoms with Gasteiger partial charge in [0.2, 0.25) is 0 Å². The molecule has 0 spiro atoms. The Bertz CT molecular complexity index is 809. The van der Waals surface area contributed by atoms with Crippen LogP contribution in [0.15, 0.2) is 42.6 Å². The molecule has 2 aromatic heterocycles. The summed E-state index contributed by atoms with van der Waals surface area (Å²) in [5, 5.41) is 0.390. The van der Waals surface area contributed by atoms with Crippen LogP contribution < -0.4 is 0 Å². The molecule has 0 bridgehead atoms. The Balaban J connectivity index is 1.83. The van der Waals surface area contributed by atoms with Gasteiger partial charge in [0, 0.05) is 11.8 Å². The average Bonchev–Trinajstić information content (AvgIpc) is 3.17. The van der Waals surface area contributed by atoms with Gasteiger partial charge in [-0.15, -0.1) is 0 Å². The molecular formula is C17H16FN3S. The molecule has 3 aromatic rings. The number of aromatic nitrogens is 3. The molecule has 1 aliphatic rings. The first-order chi connectivity index (χ1) is 10.8. The molecule has 0 aliphatic carbocycles. The number of thioether (sulfide) groups is 1. The number of fused-ring (bicyclic) bond motifs is 1. The first-order valence-electron chi connectivity index (χ1n) is 7.49. The lowest BCUT2D eigenvalue weighted by Gasteiger charge is -2.13.